The summed E-state index contributed by atoms with van der Waals surface area (Å²) in [5.41, 5.74) is 0.624. The van der Waals surface area contributed by atoms with Crippen LogP contribution < -0.4 is 5.32 Å². The van der Waals surface area contributed by atoms with E-state index in [2.05, 4.69) is 26.3 Å². The van der Waals surface area contributed by atoms with Crippen molar-refractivity contribution < 1.29 is 13.5 Å². The third-order valence-corrected chi connectivity index (χ3v) is 3.80. The lowest BCUT2D eigenvalue weighted by Crippen LogP contribution is -2.25. The molecule has 1 unspecified atom stereocenters. The molecule has 0 aliphatic carbocycles. The molecular formula is C14H16BrF2N3O. The highest BCUT2D eigenvalue weighted by atomic mass is 79.9. The van der Waals surface area contributed by atoms with Crippen molar-refractivity contribution in [3.05, 3.63) is 51.8 Å². The van der Waals surface area contributed by atoms with Gasteiger partial charge in [-0.15, -0.1) is 0 Å². The Morgan fingerprint density at radius 1 is 1.38 bits per heavy atom. The predicted molar refractivity (Wildman–Crippen MR) is 79.1 cm³/mol. The highest BCUT2D eigenvalue weighted by molar-refractivity contribution is 9.10. The van der Waals surface area contributed by atoms with Crippen LogP contribution in [0.2, 0.25) is 0 Å². The molecule has 0 saturated heterocycles. The summed E-state index contributed by atoms with van der Waals surface area (Å²) < 4.78 is 35.5. The van der Waals surface area contributed by atoms with Gasteiger partial charge >= 0.3 is 0 Å². The molecule has 1 aromatic heterocycles. The van der Waals surface area contributed by atoms with Crippen molar-refractivity contribution in [1.29, 1.82) is 0 Å². The predicted octanol–water partition coefficient (Wildman–Crippen LogP) is 2.88. The molecule has 1 aromatic carbocycles. The van der Waals surface area contributed by atoms with Gasteiger partial charge < -0.3 is 10.1 Å². The molecule has 0 radical (unpaired) electrons. The third kappa shape index (κ3) is 3.30. The molecule has 1 heterocycles. The average Bonchev–Trinajstić information content (AvgIpc) is 2.82. The highest BCUT2D eigenvalue weighted by Gasteiger charge is 2.26. The van der Waals surface area contributed by atoms with Gasteiger partial charge in [0.25, 0.3) is 0 Å². The lowest BCUT2D eigenvalue weighted by molar-refractivity contribution is 0.182. The van der Waals surface area contributed by atoms with Crippen LogP contribution in [0.1, 0.15) is 17.3 Å². The third-order valence-electron chi connectivity index (χ3n) is 3.19. The maximum atomic E-state index is 14.0. The first-order valence-corrected chi connectivity index (χ1v) is 7.20. The Kier molecular flexibility index (Phi) is 5.44. The van der Waals surface area contributed by atoms with Crippen LogP contribution in [0.15, 0.2) is 28.9 Å². The van der Waals surface area contributed by atoms with Crippen molar-refractivity contribution in [3.63, 3.8) is 0 Å². The summed E-state index contributed by atoms with van der Waals surface area (Å²) in [5, 5.41) is 7.16. The van der Waals surface area contributed by atoms with Gasteiger partial charge in [-0.3, -0.25) is 4.68 Å². The van der Waals surface area contributed by atoms with E-state index in [-0.39, 0.29) is 5.56 Å². The highest BCUT2D eigenvalue weighted by Crippen LogP contribution is 2.31. The van der Waals surface area contributed by atoms with Crippen LogP contribution in [0.5, 0.6) is 0 Å². The molecule has 1 N–H and O–H groups in total. The molecule has 0 fully saturated rings. The zero-order valence-corrected chi connectivity index (χ0v) is 13.3. The smallest absolute Gasteiger partial charge is 0.131 e. The first kappa shape index (κ1) is 16.1. The number of benzene rings is 1. The minimum atomic E-state index is -0.653. The minimum absolute atomic E-state index is 0.0279. The van der Waals surface area contributed by atoms with E-state index in [1.165, 1.54) is 18.2 Å². The van der Waals surface area contributed by atoms with E-state index in [1.54, 1.807) is 25.0 Å². The number of aromatic nitrogens is 2. The molecule has 21 heavy (non-hydrogen) atoms. The van der Waals surface area contributed by atoms with E-state index in [9.17, 15) is 8.78 Å². The Morgan fingerprint density at radius 3 is 2.62 bits per heavy atom. The Labute approximate surface area is 130 Å². The molecule has 114 valence electrons. The summed E-state index contributed by atoms with van der Waals surface area (Å²) in [5.74, 6) is -1.19. The molecule has 7 heteroatoms. The van der Waals surface area contributed by atoms with Gasteiger partial charge in [-0.25, -0.2) is 8.78 Å². The van der Waals surface area contributed by atoms with Crippen LogP contribution in [-0.4, -0.2) is 30.5 Å². The molecule has 0 spiro atoms. The second-order valence-corrected chi connectivity index (χ2v) is 5.31. The largest absolute Gasteiger partial charge is 0.383 e. The van der Waals surface area contributed by atoms with Crippen molar-refractivity contribution in [2.75, 3.05) is 20.8 Å². The first-order valence-electron chi connectivity index (χ1n) is 6.41. The van der Waals surface area contributed by atoms with E-state index in [1.807, 2.05) is 0 Å². The molecule has 2 rings (SSSR count). The topological polar surface area (TPSA) is 39.1 Å². The van der Waals surface area contributed by atoms with Crippen LogP contribution in [0.25, 0.3) is 0 Å². The summed E-state index contributed by atoms with van der Waals surface area (Å²) >= 11 is 3.39. The summed E-state index contributed by atoms with van der Waals surface area (Å²) in [6.45, 7) is 0.947. The number of nitrogens with one attached hydrogen (secondary N) is 1. The summed E-state index contributed by atoms with van der Waals surface area (Å²) in [6, 6.07) is 3.18. The Balaban J connectivity index is 2.49. The second kappa shape index (κ2) is 7.11. The minimum Gasteiger partial charge on any atom is -0.383 e. The van der Waals surface area contributed by atoms with Crippen LogP contribution in [0, 0.1) is 11.6 Å². The van der Waals surface area contributed by atoms with Crippen LogP contribution in [0.4, 0.5) is 8.78 Å². The zero-order valence-electron chi connectivity index (χ0n) is 11.7. The number of nitrogens with zero attached hydrogens (tertiary/aromatic N) is 2. The maximum absolute atomic E-state index is 14.0. The number of hydrogen-bond donors (Lipinski definition) is 1. The second-order valence-electron chi connectivity index (χ2n) is 4.45. The van der Waals surface area contributed by atoms with Gasteiger partial charge in [0.05, 0.1) is 35.6 Å². The molecule has 2 aromatic rings. The summed E-state index contributed by atoms with van der Waals surface area (Å²) in [4.78, 5) is 0. The lowest BCUT2D eigenvalue weighted by atomic mass is 10.0. The van der Waals surface area contributed by atoms with Crippen molar-refractivity contribution in [2.24, 2.45) is 0 Å². The summed E-state index contributed by atoms with van der Waals surface area (Å²) in [7, 11) is 3.24. The summed E-state index contributed by atoms with van der Waals surface area (Å²) in [6.07, 6.45) is 1.61. The Hall–Kier alpha value is -1.31. The van der Waals surface area contributed by atoms with Gasteiger partial charge in [0, 0.05) is 12.7 Å². The Morgan fingerprint density at radius 2 is 2.05 bits per heavy atom. The van der Waals surface area contributed by atoms with E-state index in [0.717, 1.165) is 0 Å². The fraction of sp³-hybridized carbons (Fsp3) is 0.357. The fourth-order valence-corrected chi connectivity index (χ4v) is 2.74. The SMILES string of the molecule is CNC(c1c(F)cccc1F)c1c(Br)cnn1CCOC. The van der Waals surface area contributed by atoms with Gasteiger partial charge in [0.1, 0.15) is 11.6 Å². The van der Waals surface area contributed by atoms with Crippen LogP contribution in [0.3, 0.4) is 0 Å². The molecule has 0 aliphatic heterocycles. The molecule has 1 atom stereocenters. The molecule has 0 saturated carbocycles. The average molecular weight is 360 g/mol. The maximum Gasteiger partial charge on any atom is 0.131 e. The van der Waals surface area contributed by atoms with Crippen LogP contribution >= 0.6 is 15.9 Å². The van der Waals surface area contributed by atoms with Gasteiger partial charge in [-0.1, -0.05) is 6.07 Å². The van der Waals surface area contributed by atoms with E-state index < -0.39 is 17.7 Å². The van der Waals surface area contributed by atoms with E-state index in [4.69, 9.17) is 4.74 Å². The van der Waals surface area contributed by atoms with Crippen molar-refractivity contribution >= 4 is 15.9 Å². The fourth-order valence-electron chi connectivity index (χ4n) is 2.22. The van der Waals surface area contributed by atoms with Gasteiger partial charge in [-0.2, -0.15) is 5.10 Å². The molecule has 4 nitrogen and oxygen atoms in total. The molecular weight excluding hydrogens is 344 g/mol. The van der Waals surface area contributed by atoms with Gasteiger partial charge in [0.15, 0.2) is 0 Å². The Bertz CT molecular complexity index is 598. The van der Waals surface area contributed by atoms with E-state index in [0.29, 0.717) is 23.3 Å². The molecule has 0 bridgehead atoms. The normalized spacial score (nSPS) is 12.6. The number of hydrogen-bond acceptors (Lipinski definition) is 3. The van der Waals surface area contributed by atoms with Gasteiger partial charge in [0.2, 0.25) is 0 Å². The van der Waals surface area contributed by atoms with Crippen molar-refractivity contribution in [3.8, 4) is 0 Å². The number of ether oxygens (including phenoxy) is 1. The molecule has 0 aliphatic rings. The van der Waals surface area contributed by atoms with Crippen LogP contribution in [-0.2, 0) is 11.3 Å². The molecule has 0 amide bonds. The zero-order chi connectivity index (χ0) is 15.4. The van der Waals surface area contributed by atoms with Crippen molar-refractivity contribution in [1.82, 2.24) is 15.1 Å². The number of methoxy groups -OCH3 is 1. The first-order chi connectivity index (χ1) is 10.1. The van der Waals surface area contributed by atoms with E-state index >= 15 is 0 Å². The lowest BCUT2D eigenvalue weighted by Gasteiger charge is -2.20. The quantitative estimate of drug-likeness (QED) is 0.861. The monoisotopic (exact) mass is 359 g/mol. The van der Waals surface area contributed by atoms with Crippen molar-refractivity contribution in [2.45, 2.75) is 12.6 Å². The standard InChI is InChI=1S/C14H16BrF2N3O/c1-18-13(12-10(16)4-3-5-11(12)17)14-9(15)8-19-20(14)6-7-21-2/h3-5,8,13,18H,6-7H2,1-2H3. The number of halogens is 3. The number of rotatable bonds is 6. The van der Waals surface area contributed by atoms with Gasteiger partial charge in [-0.05, 0) is 35.1 Å².